The molecule has 1 aromatic rings. The molecule has 0 saturated carbocycles. The number of benzene rings is 1. The average molecular weight is 324 g/mol. The molecule has 1 rings (SSSR count). The van der Waals surface area contributed by atoms with E-state index in [0.717, 1.165) is 5.56 Å². The number of carboxylic acid groups (broad SMARTS) is 1. The van der Waals surface area contributed by atoms with Crippen LogP contribution in [0, 0.1) is 0 Å². The number of carboxylic acids is 1. The summed E-state index contributed by atoms with van der Waals surface area (Å²) in [6.45, 7) is 0. The van der Waals surface area contributed by atoms with E-state index in [-0.39, 0.29) is 0 Å². The van der Waals surface area contributed by atoms with Gasteiger partial charge < -0.3 is 15.7 Å². The molecule has 2 amide bonds. The van der Waals surface area contributed by atoms with Gasteiger partial charge in [0.05, 0.1) is 0 Å². The first-order valence-corrected chi connectivity index (χ1v) is 8.23. The zero-order chi connectivity index (χ0) is 16.4. The maximum atomic E-state index is 12.2. The molecule has 0 unspecified atom stereocenters. The van der Waals surface area contributed by atoms with E-state index >= 15 is 0 Å². The van der Waals surface area contributed by atoms with Crippen LogP contribution in [0.4, 0.5) is 0 Å². The number of amides is 2. The molecule has 0 spiro atoms. The normalized spacial score (nSPS) is 13.0. The molecule has 7 heteroatoms. The van der Waals surface area contributed by atoms with Crippen LogP contribution in [0.1, 0.15) is 12.0 Å². The molecule has 0 aliphatic carbocycles. The Labute approximate surface area is 133 Å². The van der Waals surface area contributed by atoms with Crippen molar-refractivity contribution >= 4 is 30.0 Å². The number of hydrogen-bond donors (Lipinski definition) is 3. The average Bonchev–Trinajstić information content (AvgIpc) is 2.51. The summed E-state index contributed by atoms with van der Waals surface area (Å²) in [5.74, 6) is -0.946. The van der Waals surface area contributed by atoms with E-state index < -0.39 is 24.0 Å². The van der Waals surface area contributed by atoms with Crippen molar-refractivity contribution < 1.29 is 19.5 Å². The molecule has 0 fully saturated rings. The van der Waals surface area contributed by atoms with Gasteiger partial charge in [-0.25, -0.2) is 4.79 Å². The molecule has 6 nitrogen and oxygen atoms in total. The SMILES string of the molecule is CSCC[C@@H](NC(=O)[C@H](Cc1ccccc1)NC=O)C(=O)O. The zero-order valence-corrected chi connectivity index (χ0v) is 13.1. The third kappa shape index (κ3) is 6.17. The zero-order valence-electron chi connectivity index (χ0n) is 12.3. The molecule has 1 aromatic carbocycles. The van der Waals surface area contributed by atoms with Gasteiger partial charge in [-0.15, -0.1) is 0 Å². The molecule has 0 aliphatic heterocycles. The fourth-order valence-electron chi connectivity index (χ4n) is 1.92. The van der Waals surface area contributed by atoms with Crippen LogP contribution >= 0.6 is 11.8 Å². The van der Waals surface area contributed by atoms with Gasteiger partial charge in [0.2, 0.25) is 12.3 Å². The van der Waals surface area contributed by atoms with Crippen LogP contribution in [0.3, 0.4) is 0 Å². The topological polar surface area (TPSA) is 95.5 Å². The first-order valence-electron chi connectivity index (χ1n) is 6.84. The maximum Gasteiger partial charge on any atom is 0.326 e. The van der Waals surface area contributed by atoms with Crippen molar-refractivity contribution in [2.75, 3.05) is 12.0 Å². The molecule has 0 heterocycles. The van der Waals surface area contributed by atoms with Crippen molar-refractivity contribution in [1.82, 2.24) is 10.6 Å². The minimum Gasteiger partial charge on any atom is -0.480 e. The molecule has 0 aliphatic rings. The maximum absolute atomic E-state index is 12.2. The Morgan fingerprint density at radius 3 is 2.50 bits per heavy atom. The van der Waals surface area contributed by atoms with Crippen molar-refractivity contribution in [2.45, 2.75) is 24.9 Å². The van der Waals surface area contributed by atoms with Crippen LogP contribution in [-0.2, 0) is 20.8 Å². The largest absolute Gasteiger partial charge is 0.480 e. The molecule has 22 heavy (non-hydrogen) atoms. The monoisotopic (exact) mass is 324 g/mol. The van der Waals surface area contributed by atoms with Crippen molar-refractivity contribution in [2.24, 2.45) is 0 Å². The van der Waals surface area contributed by atoms with Crippen LogP contribution in [0.5, 0.6) is 0 Å². The lowest BCUT2D eigenvalue weighted by molar-refractivity contribution is -0.142. The number of nitrogens with one attached hydrogen (secondary N) is 2. The molecule has 0 saturated heterocycles. The highest BCUT2D eigenvalue weighted by Crippen LogP contribution is 2.05. The second-order valence-electron chi connectivity index (χ2n) is 4.71. The summed E-state index contributed by atoms with van der Waals surface area (Å²) in [5, 5.41) is 14.1. The van der Waals surface area contributed by atoms with Crippen molar-refractivity contribution in [1.29, 1.82) is 0 Å². The summed E-state index contributed by atoms with van der Waals surface area (Å²) >= 11 is 1.51. The minimum atomic E-state index is -1.08. The molecule has 0 bridgehead atoms. The number of carbonyl (C=O) groups is 3. The number of rotatable bonds is 10. The Morgan fingerprint density at radius 2 is 1.95 bits per heavy atom. The predicted octanol–water partition coefficient (Wildman–Crippen LogP) is 0.666. The molecule has 120 valence electrons. The second-order valence-corrected chi connectivity index (χ2v) is 5.69. The second kappa shape index (κ2) is 9.83. The Bertz CT molecular complexity index is 496. The highest BCUT2D eigenvalue weighted by molar-refractivity contribution is 7.98. The first kappa shape index (κ1) is 18.0. The van der Waals surface area contributed by atoms with E-state index in [1.807, 2.05) is 36.6 Å². The van der Waals surface area contributed by atoms with Gasteiger partial charge in [0, 0.05) is 6.42 Å². The van der Waals surface area contributed by atoms with Gasteiger partial charge in [0.1, 0.15) is 12.1 Å². The Kier molecular flexibility index (Phi) is 8.06. The van der Waals surface area contributed by atoms with Crippen LogP contribution in [0.2, 0.25) is 0 Å². The molecule has 2 atom stereocenters. The molecular weight excluding hydrogens is 304 g/mol. The summed E-state index contributed by atoms with van der Waals surface area (Å²) in [4.78, 5) is 34.1. The van der Waals surface area contributed by atoms with Crippen molar-refractivity contribution in [3.63, 3.8) is 0 Å². The van der Waals surface area contributed by atoms with Crippen LogP contribution in [-0.4, -0.2) is 47.5 Å². The highest BCUT2D eigenvalue weighted by atomic mass is 32.2. The first-order chi connectivity index (χ1) is 10.6. The van der Waals surface area contributed by atoms with Gasteiger partial charge in [-0.1, -0.05) is 30.3 Å². The lowest BCUT2D eigenvalue weighted by Gasteiger charge is -2.20. The molecule has 3 N–H and O–H groups in total. The number of thioether (sulfide) groups is 1. The van der Waals surface area contributed by atoms with Gasteiger partial charge >= 0.3 is 5.97 Å². The number of carbonyl (C=O) groups excluding carboxylic acids is 2. The smallest absolute Gasteiger partial charge is 0.326 e. The fourth-order valence-corrected chi connectivity index (χ4v) is 2.40. The standard InChI is InChI=1S/C15H20N2O4S/c1-22-8-7-12(15(20)21)17-14(19)13(16-10-18)9-11-5-3-2-4-6-11/h2-6,10,12-13H,7-9H2,1H3,(H,16,18)(H,17,19)(H,20,21)/t12-,13+/m1/s1. The number of aliphatic carboxylic acids is 1. The summed E-state index contributed by atoms with van der Waals surface area (Å²) < 4.78 is 0. The van der Waals surface area contributed by atoms with Gasteiger partial charge in [-0.05, 0) is 24.0 Å². The molecule has 0 aromatic heterocycles. The summed E-state index contributed by atoms with van der Waals surface area (Å²) in [6.07, 6.45) is 2.96. The van der Waals surface area contributed by atoms with Gasteiger partial charge in [-0.3, -0.25) is 9.59 Å². The van der Waals surface area contributed by atoms with Gasteiger partial charge in [-0.2, -0.15) is 11.8 Å². The van der Waals surface area contributed by atoms with Gasteiger partial charge in [0.15, 0.2) is 0 Å². The van der Waals surface area contributed by atoms with E-state index in [1.54, 1.807) is 0 Å². The summed E-state index contributed by atoms with van der Waals surface area (Å²) in [6, 6.07) is 7.47. The van der Waals surface area contributed by atoms with Gasteiger partial charge in [0.25, 0.3) is 0 Å². The predicted molar refractivity (Wildman–Crippen MR) is 85.7 cm³/mol. The van der Waals surface area contributed by atoms with Crippen LogP contribution < -0.4 is 10.6 Å². The fraction of sp³-hybridized carbons (Fsp3) is 0.400. The molecule has 0 radical (unpaired) electrons. The Hall–Kier alpha value is -2.02. The Balaban J connectivity index is 2.70. The third-order valence-electron chi connectivity index (χ3n) is 3.09. The lowest BCUT2D eigenvalue weighted by atomic mass is 10.0. The Morgan fingerprint density at radius 1 is 1.27 bits per heavy atom. The third-order valence-corrected chi connectivity index (χ3v) is 3.74. The van der Waals surface area contributed by atoms with Crippen molar-refractivity contribution in [3.8, 4) is 0 Å². The van der Waals surface area contributed by atoms with E-state index in [4.69, 9.17) is 5.11 Å². The van der Waals surface area contributed by atoms with Crippen LogP contribution in [0.15, 0.2) is 30.3 Å². The van der Waals surface area contributed by atoms with E-state index in [0.29, 0.717) is 25.0 Å². The molecular formula is C15H20N2O4S. The summed E-state index contributed by atoms with van der Waals surface area (Å²) in [7, 11) is 0. The van der Waals surface area contributed by atoms with Crippen molar-refractivity contribution in [3.05, 3.63) is 35.9 Å². The lowest BCUT2D eigenvalue weighted by Crippen LogP contribution is -2.51. The summed E-state index contributed by atoms with van der Waals surface area (Å²) in [5.41, 5.74) is 0.882. The quantitative estimate of drug-likeness (QED) is 0.550. The number of hydrogen-bond acceptors (Lipinski definition) is 4. The minimum absolute atomic E-state index is 0.306. The highest BCUT2D eigenvalue weighted by Gasteiger charge is 2.24. The van der Waals surface area contributed by atoms with E-state index in [1.165, 1.54) is 11.8 Å². The van der Waals surface area contributed by atoms with Crippen LogP contribution in [0.25, 0.3) is 0 Å². The van der Waals surface area contributed by atoms with E-state index in [9.17, 15) is 14.4 Å². The van der Waals surface area contributed by atoms with E-state index in [2.05, 4.69) is 10.6 Å².